The van der Waals surface area contributed by atoms with E-state index in [1.165, 1.54) is 37.7 Å². The quantitative estimate of drug-likeness (QED) is 0.790. The van der Waals surface area contributed by atoms with Crippen LogP contribution in [-0.2, 0) is 11.2 Å². The minimum atomic E-state index is 0.674. The zero-order valence-electron chi connectivity index (χ0n) is 10.5. The maximum absolute atomic E-state index is 5.46. The normalized spacial score (nSPS) is 21.1. The molecule has 1 fully saturated rings. The fourth-order valence-electron chi connectivity index (χ4n) is 2.35. The van der Waals surface area contributed by atoms with Crippen LogP contribution in [0.15, 0.2) is 30.3 Å². The van der Waals surface area contributed by atoms with E-state index in [9.17, 15) is 0 Å². The molecule has 1 saturated heterocycles. The Bertz CT molecular complexity index is 291. The highest BCUT2D eigenvalue weighted by Gasteiger charge is 2.10. The molecule has 1 N–H and O–H groups in total. The van der Waals surface area contributed by atoms with Crippen LogP contribution >= 0.6 is 0 Å². The zero-order valence-corrected chi connectivity index (χ0v) is 10.5. The van der Waals surface area contributed by atoms with E-state index in [4.69, 9.17) is 4.74 Å². The largest absolute Gasteiger partial charge is 0.381 e. The van der Waals surface area contributed by atoms with Gasteiger partial charge in [-0.2, -0.15) is 0 Å². The van der Waals surface area contributed by atoms with Crippen molar-refractivity contribution in [2.45, 2.75) is 38.1 Å². The summed E-state index contributed by atoms with van der Waals surface area (Å²) in [7, 11) is 0. The van der Waals surface area contributed by atoms with Crippen LogP contribution in [0.25, 0.3) is 0 Å². The van der Waals surface area contributed by atoms with Crippen LogP contribution in [0.3, 0.4) is 0 Å². The Morgan fingerprint density at radius 2 is 2.00 bits per heavy atom. The molecule has 0 amide bonds. The SMILES string of the molecule is c1ccc(CCCNC2CCCOCC2)cc1. The lowest BCUT2D eigenvalue weighted by molar-refractivity contribution is 0.142. The third-order valence-electron chi connectivity index (χ3n) is 3.37. The maximum Gasteiger partial charge on any atom is 0.0480 e. The molecular formula is C15H23NO. The van der Waals surface area contributed by atoms with E-state index in [-0.39, 0.29) is 0 Å². The summed E-state index contributed by atoms with van der Waals surface area (Å²) in [5, 5.41) is 3.65. The number of hydrogen-bond acceptors (Lipinski definition) is 2. The smallest absolute Gasteiger partial charge is 0.0480 e. The molecule has 1 aromatic carbocycles. The van der Waals surface area contributed by atoms with Gasteiger partial charge in [-0.1, -0.05) is 30.3 Å². The third-order valence-corrected chi connectivity index (χ3v) is 3.37. The second-order valence-electron chi connectivity index (χ2n) is 4.78. The van der Waals surface area contributed by atoms with Crippen LogP contribution in [-0.4, -0.2) is 25.8 Å². The van der Waals surface area contributed by atoms with E-state index in [2.05, 4.69) is 35.6 Å². The zero-order chi connectivity index (χ0) is 11.8. The second-order valence-corrected chi connectivity index (χ2v) is 4.78. The average molecular weight is 233 g/mol. The molecule has 0 aliphatic carbocycles. The molecule has 94 valence electrons. The molecule has 17 heavy (non-hydrogen) atoms. The molecule has 0 radical (unpaired) electrons. The highest BCUT2D eigenvalue weighted by molar-refractivity contribution is 5.14. The van der Waals surface area contributed by atoms with E-state index < -0.39 is 0 Å². The summed E-state index contributed by atoms with van der Waals surface area (Å²) in [5.41, 5.74) is 1.44. The highest BCUT2D eigenvalue weighted by atomic mass is 16.5. The van der Waals surface area contributed by atoms with Gasteiger partial charge in [0, 0.05) is 19.3 Å². The molecule has 2 nitrogen and oxygen atoms in total. The van der Waals surface area contributed by atoms with Gasteiger partial charge in [-0.15, -0.1) is 0 Å². The standard InChI is InChI=1S/C15H23NO/c1-2-6-14(7-3-1)8-4-11-16-15-9-5-12-17-13-10-15/h1-3,6-7,15-16H,4-5,8-13H2. The van der Waals surface area contributed by atoms with Gasteiger partial charge in [0.25, 0.3) is 0 Å². The van der Waals surface area contributed by atoms with Crippen molar-refractivity contribution < 1.29 is 4.74 Å². The predicted octanol–water partition coefficient (Wildman–Crippen LogP) is 2.78. The summed E-state index contributed by atoms with van der Waals surface area (Å²) in [6, 6.07) is 11.4. The molecule has 0 spiro atoms. The lowest BCUT2D eigenvalue weighted by Gasteiger charge is -2.15. The third kappa shape index (κ3) is 4.88. The van der Waals surface area contributed by atoms with Gasteiger partial charge >= 0.3 is 0 Å². The van der Waals surface area contributed by atoms with Gasteiger partial charge in [-0.25, -0.2) is 0 Å². The Kier molecular flexibility index (Phi) is 5.53. The Morgan fingerprint density at radius 3 is 2.88 bits per heavy atom. The van der Waals surface area contributed by atoms with Crippen LogP contribution in [0.1, 0.15) is 31.2 Å². The highest BCUT2D eigenvalue weighted by Crippen LogP contribution is 2.08. The van der Waals surface area contributed by atoms with Crippen LogP contribution in [0, 0.1) is 0 Å². The minimum absolute atomic E-state index is 0.674. The van der Waals surface area contributed by atoms with E-state index in [0.29, 0.717) is 6.04 Å². The molecule has 1 aliphatic rings. The first kappa shape index (κ1) is 12.6. The molecule has 2 rings (SSSR count). The lowest BCUT2D eigenvalue weighted by Crippen LogP contribution is -2.30. The van der Waals surface area contributed by atoms with Gasteiger partial charge in [0.1, 0.15) is 0 Å². The Balaban J connectivity index is 1.59. The molecule has 0 aromatic heterocycles. The summed E-state index contributed by atoms with van der Waals surface area (Å²) in [6.07, 6.45) is 6.05. The predicted molar refractivity (Wildman–Crippen MR) is 71.2 cm³/mol. The summed E-state index contributed by atoms with van der Waals surface area (Å²) in [5.74, 6) is 0. The molecule has 1 atom stereocenters. The van der Waals surface area contributed by atoms with Crippen LogP contribution < -0.4 is 5.32 Å². The van der Waals surface area contributed by atoms with Gasteiger partial charge in [0.2, 0.25) is 0 Å². The van der Waals surface area contributed by atoms with Crippen molar-refractivity contribution in [3.63, 3.8) is 0 Å². The number of benzene rings is 1. The van der Waals surface area contributed by atoms with Gasteiger partial charge in [-0.05, 0) is 44.2 Å². The fraction of sp³-hybridized carbons (Fsp3) is 0.600. The van der Waals surface area contributed by atoms with Crippen molar-refractivity contribution in [2.75, 3.05) is 19.8 Å². The summed E-state index contributed by atoms with van der Waals surface area (Å²) in [6.45, 7) is 3.00. The molecule has 1 heterocycles. The second kappa shape index (κ2) is 7.46. The van der Waals surface area contributed by atoms with Crippen LogP contribution in [0.2, 0.25) is 0 Å². The van der Waals surface area contributed by atoms with E-state index in [1.54, 1.807) is 0 Å². The van der Waals surface area contributed by atoms with Crippen molar-refractivity contribution in [3.8, 4) is 0 Å². The van der Waals surface area contributed by atoms with Crippen molar-refractivity contribution in [2.24, 2.45) is 0 Å². The van der Waals surface area contributed by atoms with Crippen molar-refractivity contribution in [1.82, 2.24) is 5.32 Å². The van der Waals surface area contributed by atoms with Gasteiger partial charge in [-0.3, -0.25) is 0 Å². The first-order valence-electron chi connectivity index (χ1n) is 6.80. The van der Waals surface area contributed by atoms with Crippen LogP contribution in [0.5, 0.6) is 0 Å². The lowest BCUT2D eigenvalue weighted by atomic mass is 10.1. The molecular weight excluding hydrogens is 210 g/mol. The molecule has 1 unspecified atom stereocenters. The van der Waals surface area contributed by atoms with Crippen molar-refractivity contribution in [3.05, 3.63) is 35.9 Å². The number of hydrogen-bond donors (Lipinski definition) is 1. The molecule has 1 aromatic rings. The monoisotopic (exact) mass is 233 g/mol. The summed E-state index contributed by atoms with van der Waals surface area (Å²) >= 11 is 0. The topological polar surface area (TPSA) is 21.3 Å². The molecule has 2 heteroatoms. The van der Waals surface area contributed by atoms with Gasteiger partial charge in [0.15, 0.2) is 0 Å². The van der Waals surface area contributed by atoms with Crippen LogP contribution in [0.4, 0.5) is 0 Å². The minimum Gasteiger partial charge on any atom is -0.381 e. The molecule has 0 saturated carbocycles. The Hall–Kier alpha value is -0.860. The number of rotatable bonds is 5. The van der Waals surface area contributed by atoms with E-state index in [0.717, 1.165) is 19.8 Å². The van der Waals surface area contributed by atoms with Gasteiger partial charge < -0.3 is 10.1 Å². The first-order chi connectivity index (χ1) is 8.45. The first-order valence-corrected chi connectivity index (χ1v) is 6.80. The Labute approximate surface area is 104 Å². The summed E-state index contributed by atoms with van der Waals surface area (Å²) in [4.78, 5) is 0. The molecule has 1 aliphatic heterocycles. The van der Waals surface area contributed by atoms with Crippen molar-refractivity contribution in [1.29, 1.82) is 0 Å². The molecule has 0 bridgehead atoms. The Morgan fingerprint density at radius 1 is 1.12 bits per heavy atom. The maximum atomic E-state index is 5.46. The summed E-state index contributed by atoms with van der Waals surface area (Å²) < 4.78 is 5.46. The number of nitrogens with one attached hydrogen (secondary N) is 1. The van der Waals surface area contributed by atoms with Crippen molar-refractivity contribution >= 4 is 0 Å². The fourth-order valence-corrected chi connectivity index (χ4v) is 2.35. The van der Waals surface area contributed by atoms with E-state index >= 15 is 0 Å². The number of ether oxygens (including phenoxy) is 1. The number of aryl methyl sites for hydroxylation is 1. The van der Waals surface area contributed by atoms with Gasteiger partial charge in [0.05, 0.1) is 0 Å². The van der Waals surface area contributed by atoms with E-state index in [1.807, 2.05) is 0 Å². The average Bonchev–Trinajstić information content (AvgIpc) is 2.65.